The summed E-state index contributed by atoms with van der Waals surface area (Å²) < 4.78 is 23.7. The first kappa shape index (κ1) is 18.8. The van der Waals surface area contributed by atoms with Gasteiger partial charge in [-0.2, -0.15) is 0 Å². The Hall–Kier alpha value is -3.00. The second-order valence-corrected chi connectivity index (χ2v) is 6.90. The standard InChI is InChI=1S/C20H17NO5S/c1-25-14-6-8-15(9-7-14)26-16-10-12-17(13-11-16)27(24)19-5-3-2-4-18(19)20(22)21-23/h2-13,23H,1H3,(H,21,22). The van der Waals surface area contributed by atoms with Gasteiger partial charge in [0.15, 0.2) is 9.79 Å². The van der Waals surface area contributed by atoms with E-state index in [1.54, 1.807) is 79.3 Å². The van der Waals surface area contributed by atoms with Crippen molar-refractivity contribution < 1.29 is 24.0 Å². The predicted octanol–water partition coefficient (Wildman–Crippen LogP) is 3.77. The van der Waals surface area contributed by atoms with E-state index in [9.17, 15) is 9.35 Å². The van der Waals surface area contributed by atoms with Gasteiger partial charge in [0.2, 0.25) is 0 Å². The summed E-state index contributed by atoms with van der Waals surface area (Å²) in [6.07, 6.45) is 0. The number of carbonyl (C=O) groups excluding carboxylic acids is 1. The summed E-state index contributed by atoms with van der Waals surface area (Å²) in [6, 6.07) is 20.3. The Morgan fingerprint density at radius 2 is 1.48 bits per heavy atom. The Labute approximate surface area is 159 Å². The van der Waals surface area contributed by atoms with Crippen LogP contribution in [0.3, 0.4) is 0 Å². The zero-order chi connectivity index (χ0) is 19.2. The molecule has 0 saturated carbocycles. The average molecular weight is 383 g/mol. The highest BCUT2D eigenvalue weighted by Gasteiger charge is 2.22. The zero-order valence-corrected chi connectivity index (χ0v) is 15.2. The lowest BCUT2D eigenvalue weighted by Gasteiger charge is -2.13. The summed E-state index contributed by atoms with van der Waals surface area (Å²) in [5.41, 5.74) is 1.72. The average Bonchev–Trinajstić information content (AvgIpc) is 2.73. The molecule has 0 radical (unpaired) electrons. The van der Waals surface area contributed by atoms with Crippen molar-refractivity contribution in [3.05, 3.63) is 78.4 Å². The summed E-state index contributed by atoms with van der Waals surface area (Å²) in [6.45, 7) is 0. The van der Waals surface area contributed by atoms with E-state index in [1.165, 1.54) is 6.07 Å². The molecule has 3 rings (SSSR count). The lowest BCUT2D eigenvalue weighted by atomic mass is 10.2. The van der Waals surface area contributed by atoms with Crippen molar-refractivity contribution in [2.45, 2.75) is 9.79 Å². The Kier molecular flexibility index (Phi) is 5.97. The first-order valence-electron chi connectivity index (χ1n) is 7.99. The maximum absolute atomic E-state index is 12.8. The molecule has 6 nitrogen and oxygen atoms in total. The van der Waals surface area contributed by atoms with Crippen molar-refractivity contribution in [2.24, 2.45) is 0 Å². The van der Waals surface area contributed by atoms with Crippen LogP contribution in [0.25, 0.3) is 0 Å². The molecule has 2 N–H and O–H groups in total. The number of nitrogens with one attached hydrogen (secondary N) is 1. The number of rotatable bonds is 6. The molecule has 1 atom stereocenters. The molecule has 1 amide bonds. The molecule has 0 aromatic heterocycles. The van der Waals surface area contributed by atoms with Crippen LogP contribution in [-0.2, 0) is 11.2 Å². The van der Waals surface area contributed by atoms with Gasteiger partial charge in [-0.15, -0.1) is 0 Å². The molecule has 3 aromatic rings. The number of hydrogen-bond acceptors (Lipinski definition) is 5. The van der Waals surface area contributed by atoms with Crippen molar-refractivity contribution in [1.82, 2.24) is 5.48 Å². The second-order valence-electron chi connectivity index (χ2n) is 5.45. The Morgan fingerprint density at radius 1 is 0.926 bits per heavy atom. The molecule has 7 heteroatoms. The molecule has 3 aromatic carbocycles. The van der Waals surface area contributed by atoms with Gasteiger partial charge in [-0.3, -0.25) is 10.0 Å². The van der Waals surface area contributed by atoms with E-state index in [0.29, 0.717) is 21.3 Å². The molecule has 0 saturated heterocycles. The highest BCUT2D eigenvalue weighted by atomic mass is 32.2. The van der Waals surface area contributed by atoms with Crippen LogP contribution in [0.15, 0.2) is 82.6 Å². The fraction of sp³-hybridized carbons (Fsp3) is 0.0500. The van der Waals surface area contributed by atoms with E-state index in [1.807, 2.05) is 0 Å². The lowest BCUT2D eigenvalue weighted by Crippen LogP contribution is -2.21. The zero-order valence-electron chi connectivity index (χ0n) is 14.4. The highest BCUT2D eigenvalue weighted by Crippen LogP contribution is 2.28. The smallest absolute Gasteiger partial charge is 0.279 e. The van der Waals surface area contributed by atoms with Crippen molar-refractivity contribution in [3.63, 3.8) is 0 Å². The lowest BCUT2D eigenvalue weighted by molar-refractivity contribution is 0.0702. The number of hydrogen-bond donors (Lipinski definition) is 2. The maximum atomic E-state index is 12.8. The molecule has 0 aliphatic heterocycles. The quantitative estimate of drug-likeness (QED) is 0.384. The van der Waals surface area contributed by atoms with Gasteiger partial charge in [-0.05, 0) is 60.7 Å². The summed E-state index contributed by atoms with van der Waals surface area (Å²) in [5, 5.41) is 8.85. The SMILES string of the molecule is COc1ccc(Oc2ccc([S+]([O-])c3ccccc3C(=O)NO)cc2)cc1. The number of carbonyl (C=O) groups is 1. The number of methoxy groups -OCH3 is 1. The summed E-state index contributed by atoms with van der Waals surface area (Å²) >= 11 is -1.58. The Bertz CT molecular complexity index is 912. The van der Waals surface area contributed by atoms with Crippen molar-refractivity contribution in [1.29, 1.82) is 0 Å². The monoisotopic (exact) mass is 383 g/mol. The van der Waals surface area contributed by atoms with Gasteiger partial charge in [0.05, 0.1) is 12.7 Å². The normalized spacial score (nSPS) is 11.5. The third-order valence-electron chi connectivity index (χ3n) is 3.77. The van der Waals surface area contributed by atoms with E-state index < -0.39 is 17.1 Å². The Balaban J connectivity index is 1.78. The van der Waals surface area contributed by atoms with Gasteiger partial charge in [0.1, 0.15) is 17.2 Å². The summed E-state index contributed by atoms with van der Waals surface area (Å²) in [4.78, 5) is 12.6. The number of ether oxygens (including phenoxy) is 2. The molecule has 0 spiro atoms. The van der Waals surface area contributed by atoms with E-state index in [2.05, 4.69) is 0 Å². The number of hydroxylamine groups is 1. The van der Waals surface area contributed by atoms with Crippen LogP contribution in [0.1, 0.15) is 10.4 Å². The molecule has 0 fully saturated rings. The van der Waals surface area contributed by atoms with Crippen LogP contribution in [-0.4, -0.2) is 22.8 Å². The van der Waals surface area contributed by atoms with Gasteiger partial charge >= 0.3 is 0 Å². The minimum atomic E-state index is -1.58. The third-order valence-corrected chi connectivity index (χ3v) is 5.22. The van der Waals surface area contributed by atoms with Crippen LogP contribution in [0.4, 0.5) is 0 Å². The van der Waals surface area contributed by atoms with Crippen LogP contribution >= 0.6 is 0 Å². The molecule has 0 bridgehead atoms. The maximum Gasteiger partial charge on any atom is 0.279 e. The van der Waals surface area contributed by atoms with Crippen LogP contribution in [0, 0.1) is 0 Å². The largest absolute Gasteiger partial charge is 0.606 e. The molecular formula is C20H17NO5S. The predicted molar refractivity (Wildman–Crippen MR) is 99.9 cm³/mol. The highest BCUT2D eigenvalue weighted by molar-refractivity contribution is 7.91. The molecule has 138 valence electrons. The number of amides is 1. The summed E-state index contributed by atoms with van der Waals surface area (Å²) in [5.74, 6) is 1.26. The third kappa shape index (κ3) is 4.40. The molecule has 27 heavy (non-hydrogen) atoms. The van der Waals surface area contributed by atoms with Crippen molar-refractivity contribution in [2.75, 3.05) is 7.11 Å². The molecular weight excluding hydrogens is 366 g/mol. The topological polar surface area (TPSA) is 90.8 Å². The molecule has 0 aliphatic carbocycles. The summed E-state index contributed by atoms with van der Waals surface area (Å²) in [7, 11) is 1.59. The van der Waals surface area contributed by atoms with Gasteiger partial charge in [-0.25, -0.2) is 5.48 Å². The van der Waals surface area contributed by atoms with Crippen molar-refractivity contribution >= 4 is 17.1 Å². The van der Waals surface area contributed by atoms with Gasteiger partial charge in [-0.1, -0.05) is 12.1 Å². The molecule has 1 unspecified atom stereocenters. The molecule has 0 aliphatic rings. The first-order chi connectivity index (χ1) is 13.1. The van der Waals surface area contributed by atoms with E-state index >= 15 is 0 Å². The van der Waals surface area contributed by atoms with Crippen LogP contribution in [0.5, 0.6) is 17.2 Å². The van der Waals surface area contributed by atoms with E-state index in [0.717, 1.165) is 5.75 Å². The van der Waals surface area contributed by atoms with Crippen LogP contribution in [0.2, 0.25) is 0 Å². The first-order valence-corrected chi connectivity index (χ1v) is 9.14. The second kappa shape index (κ2) is 8.59. The molecule has 0 heterocycles. The van der Waals surface area contributed by atoms with Gasteiger partial charge < -0.3 is 14.0 Å². The van der Waals surface area contributed by atoms with Gasteiger partial charge in [0.25, 0.3) is 5.91 Å². The fourth-order valence-corrected chi connectivity index (χ4v) is 3.61. The minimum Gasteiger partial charge on any atom is -0.606 e. The van der Waals surface area contributed by atoms with E-state index in [4.69, 9.17) is 14.7 Å². The minimum absolute atomic E-state index is 0.150. The number of benzene rings is 3. The van der Waals surface area contributed by atoms with Gasteiger partial charge in [0, 0.05) is 11.2 Å². The van der Waals surface area contributed by atoms with Crippen molar-refractivity contribution in [3.8, 4) is 17.2 Å². The fourth-order valence-electron chi connectivity index (χ4n) is 2.41. The van der Waals surface area contributed by atoms with Crippen LogP contribution < -0.4 is 15.0 Å². The van der Waals surface area contributed by atoms with E-state index in [-0.39, 0.29) is 5.56 Å². The Morgan fingerprint density at radius 3 is 2.07 bits per heavy atom.